The molecule has 6 nitrogen and oxygen atoms in total. The van der Waals surface area contributed by atoms with Gasteiger partial charge in [-0.25, -0.2) is 4.98 Å². The van der Waals surface area contributed by atoms with E-state index in [2.05, 4.69) is 145 Å². The first-order valence-corrected chi connectivity index (χ1v) is 16.4. The van der Waals surface area contributed by atoms with Gasteiger partial charge in [0.25, 0.3) is 0 Å². The zero-order valence-corrected chi connectivity index (χ0v) is 29.8. The first-order chi connectivity index (χ1) is 22.8. The summed E-state index contributed by atoms with van der Waals surface area (Å²) in [6.07, 6.45) is 3.65. The zero-order valence-electron chi connectivity index (χ0n) is 26.8. The minimum absolute atomic E-state index is 0. The Morgan fingerprint density at radius 2 is 1.54 bits per heavy atom. The second kappa shape index (κ2) is 11.5. The predicted molar refractivity (Wildman–Crippen MR) is 193 cm³/mol. The fraction of sp³-hybridized carbons (Fsp3) is 0.125. The monoisotopic (exact) mass is 823 g/mol. The molecule has 5 heterocycles. The van der Waals surface area contributed by atoms with Gasteiger partial charge in [-0.15, -0.1) is 28.9 Å². The number of ether oxygens (including phenoxy) is 1. The molecule has 0 spiro atoms. The summed E-state index contributed by atoms with van der Waals surface area (Å²) in [4.78, 5) is 13.6. The van der Waals surface area contributed by atoms with Gasteiger partial charge in [0.05, 0.1) is 0 Å². The van der Waals surface area contributed by atoms with Crippen molar-refractivity contribution in [3.8, 4) is 17.4 Å². The molecular formula is C40H30N5OPtS-3. The van der Waals surface area contributed by atoms with Crippen LogP contribution in [0.15, 0.2) is 103 Å². The number of aromatic nitrogens is 3. The van der Waals surface area contributed by atoms with Crippen LogP contribution in [0.1, 0.15) is 26.3 Å². The molecular weight excluding hydrogens is 794 g/mol. The molecule has 0 fully saturated rings. The van der Waals surface area contributed by atoms with Crippen LogP contribution in [0.3, 0.4) is 0 Å². The number of anilines is 3. The van der Waals surface area contributed by atoms with Crippen molar-refractivity contribution >= 4 is 70.4 Å². The van der Waals surface area contributed by atoms with Crippen molar-refractivity contribution in [2.24, 2.45) is 0 Å². The molecule has 0 radical (unpaired) electrons. The van der Waals surface area contributed by atoms with Crippen LogP contribution in [0, 0.1) is 18.8 Å². The second-order valence-corrected chi connectivity index (χ2v) is 14.1. The van der Waals surface area contributed by atoms with Crippen LogP contribution in [-0.4, -0.2) is 21.6 Å². The van der Waals surface area contributed by atoms with Gasteiger partial charge in [-0.1, -0.05) is 62.7 Å². The molecule has 8 heteroatoms. The fourth-order valence-electron chi connectivity index (χ4n) is 6.55. The summed E-state index contributed by atoms with van der Waals surface area (Å²) < 4.78 is 11.1. The van der Waals surface area contributed by atoms with Gasteiger partial charge in [0, 0.05) is 70.1 Å². The largest absolute Gasteiger partial charge is 0.504 e. The molecule has 8 aromatic rings. The Balaban J connectivity index is 0.00000336. The smallest absolute Gasteiger partial charge is 0.135 e. The van der Waals surface area contributed by atoms with Gasteiger partial charge in [-0.05, 0) is 66.0 Å². The summed E-state index contributed by atoms with van der Waals surface area (Å²) in [5, 5.41) is 4.75. The van der Waals surface area contributed by atoms with Crippen molar-refractivity contribution in [2.75, 3.05) is 16.8 Å². The predicted octanol–water partition coefficient (Wildman–Crippen LogP) is 10.3. The third kappa shape index (κ3) is 4.96. The van der Waals surface area contributed by atoms with E-state index in [-0.39, 0.29) is 26.5 Å². The van der Waals surface area contributed by atoms with Gasteiger partial charge in [-0.2, -0.15) is 30.6 Å². The Morgan fingerprint density at radius 1 is 0.750 bits per heavy atom. The zero-order chi connectivity index (χ0) is 31.9. The molecule has 9 rings (SSSR count). The normalized spacial score (nSPS) is 13.1. The molecule has 240 valence electrons. The van der Waals surface area contributed by atoms with E-state index >= 15 is 0 Å². The summed E-state index contributed by atoms with van der Waals surface area (Å²) in [7, 11) is 2.08. The van der Waals surface area contributed by atoms with E-state index in [4.69, 9.17) is 9.72 Å². The molecule has 0 bridgehead atoms. The minimum Gasteiger partial charge on any atom is -0.504 e. The van der Waals surface area contributed by atoms with Gasteiger partial charge in [0.15, 0.2) is 0 Å². The van der Waals surface area contributed by atoms with Crippen LogP contribution in [0.2, 0.25) is 0 Å². The number of para-hydroxylation sites is 1. The quantitative estimate of drug-likeness (QED) is 0.166. The number of thiophene rings is 1. The summed E-state index contributed by atoms with van der Waals surface area (Å²) in [5.74, 6) is 1.78. The molecule has 0 saturated heterocycles. The number of hydrogen-bond donors (Lipinski definition) is 0. The molecule has 0 atom stereocenters. The molecule has 4 aromatic carbocycles. The van der Waals surface area contributed by atoms with Crippen molar-refractivity contribution in [3.63, 3.8) is 0 Å². The van der Waals surface area contributed by atoms with Crippen LogP contribution in [0.4, 0.5) is 17.1 Å². The van der Waals surface area contributed by atoms with E-state index in [0.29, 0.717) is 11.6 Å². The number of pyridine rings is 2. The van der Waals surface area contributed by atoms with Crippen LogP contribution >= 0.6 is 11.3 Å². The third-order valence-corrected chi connectivity index (χ3v) is 10.1. The van der Waals surface area contributed by atoms with E-state index in [9.17, 15) is 0 Å². The average Bonchev–Trinajstić information content (AvgIpc) is 3.72. The molecule has 0 unspecified atom stereocenters. The van der Waals surface area contributed by atoms with Crippen molar-refractivity contribution in [2.45, 2.75) is 26.2 Å². The molecule has 0 aliphatic carbocycles. The van der Waals surface area contributed by atoms with E-state index in [0.717, 1.165) is 44.7 Å². The number of nitrogens with zero attached hydrogens (tertiary/aromatic N) is 5. The number of benzene rings is 4. The maximum atomic E-state index is 6.37. The standard InChI is InChI=1S/C40H30N5OS.Pt/c1-40(2,3)25-15-17-41-38(19-25)45-32-11-7-5-9-28(32)29-14-13-27(21-33(29)45)46-39-20-26(16-18-42-39)44-24-43(4)34-23-37-31(22-35(34)44)30-10-6-8-12-36(30)47-37;/h5-19,22-24H,1-4H3;/q-3;. The first-order valence-electron chi connectivity index (χ1n) is 15.6. The summed E-state index contributed by atoms with van der Waals surface area (Å²) >= 11 is 1.83. The molecule has 0 N–H and O–H groups in total. The number of rotatable bonds is 4. The second-order valence-electron chi connectivity index (χ2n) is 13.0. The Morgan fingerprint density at radius 3 is 2.40 bits per heavy atom. The van der Waals surface area contributed by atoms with Crippen LogP contribution < -0.4 is 14.5 Å². The van der Waals surface area contributed by atoms with Gasteiger partial charge in [0.2, 0.25) is 0 Å². The number of fused-ring (bicyclic) bond motifs is 7. The van der Waals surface area contributed by atoms with Crippen LogP contribution in [0.5, 0.6) is 11.6 Å². The topological polar surface area (TPSA) is 46.4 Å². The minimum atomic E-state index is -0.00739. The summed E-state index contributed by atoms with van der Waals surface area (Å²) in [6, 6.07) is 38.8. The molecule has 4 aromatic heterocycles. The molecule has 0 amide bonds. The molecule has 0 saturated carbocycles. The van der Waals surface area contributed by atoms with E-state index in [1.807, 2.05) is 29.7 Å². The Hall–Kier alpha value is -4.71. The molecule has 48 heavy (non-hydrogen) atoms. The SMILES string of the molecule is CN1[CH-]N(c2[c-]c(Oc3[c-]c4c(cc3)c3ccccc3n4-c3cc(C(C)(C)C)ccn3)ncc2)c2cc3c(cc21)sc1ccccc13.[Pt]. The maximum absolute atomic E-state index is 6.37. The van der Waals surface area contributed by atoms with Gasteiger partial charge in [-0.3, -0.25) is 4.98 Å². The Labute approximate surface area is 297 Å². The van der Waals surface area contributed by atoms with Crippen molar-refractivity contribution in [1.82, 2.24) is 14.5 Å². The average molecular weight is 824 g/mol. The van der Waals surface area contributed by atoms with E-state index < -0.39 is 0 Å². The van der Waals surface area contributed by atoms with Crippen LogP contribution in [0.25, 0.3) is 47.8 Å². The van der Waals surface area contributed by atoms with Crippen molar-refractivity contribution < 1.29 is 25.8 Å². The van der Waals surface area contributed by atoms with E-state index in [1.54, 1.807) is 6.20 Å². The van der Waals surface area contributed by atoms with Crippen molar-refractivity contribution in [1.29, 1.82) is 0 Å². The Kier molecular flexibility index (Phi) is 7.31. The van der Waals surface area contributed by atoms with Crippen molar-refractivity contribution in [3.05, 3.63) is 128 Å². The fourth-order valence-corrected chi connectivity index (χ4v) is 7.67. The number of hydrogen-bond acceptors (Lipinski definition) is 6. The molecule has 1 aliphatic rings. The first kappa shape index (κ1) is 30.6. The van der Waals surface area contributed by atoms with E-state index in [1.165, 1.54) is 25.7 Å². The Bertz CT molecular complexity index is 2510. The maximum Gasteiger partial charge on any atom is 0.135 e. The van der Waals surface area contributed by atoms with Crippen LogP contribution in [-0.2, 0) is 26.5 Å². The van der Waals surface area contributed by atoms with Gasteiger partial charge in [0.1, 0.15) is 11.7 Å². The summed E-state index contributed by atoms with van der Waals surface area (Å²) in [6.45, 7) is 8.74. The van der Waals surface area contributed by atoms with Gasteiger partial charge >= 0.3 is 0 Å². The third-order valence-electron chi connectivity index (χ3n) is 8.92. The summed E-state index contributed by atoms with van der Waals surface area (Å²) in [5.41, 5.74) is 6.27. The molecule has 1 aliphatic heterocycles. The van der Waals surface area contributed by atoms with Gasteiger partial charge < -0.3 is 19.1 Å².